The fourth-order valence-corrected chi connectivity index (χ4v) is 2.93. The monoisotopic (exact) mass is 385 g/mol. The molecule has 0 bridgehead atoms. The van der Waals surface area contributed by atoms with Crippen LogP contribution in [0.1, 0.15) is 41.7 Å². The fraction of sp³-hybridized carbons (Fsp3) is 0.350. The molecule has 3 rings (SSSR count). The minimum absolute atomic E-state index is 0.105. The van der Waals surface area contributed by atoms with E-state index in [9.17, 15) is 14.9 Å². The van der Waals surface area contributed by atoms with E-state index in [2.05, 4.69) is 10.6 Å². The van der Waals surface area contributed by atoms with Crippen LogP contribution in [0.3, 0.4) is 0 Å². The molecule has 2 aromatic carbocycles. The van der Waals surface area contributed by atoms with Crippen molar-refractivity contribution in [3.8, 4) is 11.5 Å². The number of benzene rings is 2. The Morgan fingerprint density at radius 2 is 1.93 bits per heavy atom. The third kappa shape index (κ3) is 4.33. The number of hydrogen-bond acceptors (Lipinski definition) is 6. The van der Waals surface area contributed by atoms with Gasteiger partial charge in [0.1, 0.15) is 17.2 Å². The summed E-state index contributed by atoms with van der Waals surface area (Å²) in [6.07, 6.45) is 2.00. The zero-order chi connectivity index (χ0) is 20.3. The molecule has 2 aromatic rings. The molecule has 0 saturated heterocycles. The number of carbonyl (C=O) groups is 1. The summed E-state index contributed by atoms with van der Waals surface area (Å²) in [5.41, 5.74) is 1.30. The van der Waals surface area contributed by atoms with Crippen LogP contribution in [0.4, 0.5) is 11.4 Å². The molecule has 8 heteroatoms. The van der Waals surface area contributed by atoms with Gasteiger partial charge in [0.2, 0.25) is 0 Å². The van der Waals surface area contributed by atoms with Gasteiger partial charge in [0.25, 0.3) is 11.6 Å². The maximum absolute atomic E-state index is 12.7. The Bertz CT molecular complexity index is 895. The molecule has 28 heavy (non-hydrogen) atoms. The largest absolute Gasteiger partial charge is 0.497 e. The zero-order valence-corrected chi connectivity index (χ0v) is 16.0. The number of nitro benzene ring substituents is 1. The maximum atomic E-state index is 12.7. The van der Waals surface area contributed by atoms with Gasteiger partial charge in [0, 0.05) is 23.2 Å². The maximum Gasteiger partial charge on any atom is 0.293 e. The molecule has 0 spiro atoms. The molecule has 0 unspecified atom stereocenters. The summed E-state index contributed by atoms with van der Waals surface area (Å²) in [5.74, 6) is 0.852. The summed E-state index contributed by atoms with van der Waals surface area (Å²) in [6.45, 7) is 1.81. The molecule has 1 aliphatic carbocycles. The summed E-state index contributed by atoms with van der Waals surface area (Å²) in [6, 6.07) is 9.68. The highest BCUT2D eigenvalue weighted by Gasteiger charge is 2.26. The van der Waals surface area contributed by atoms with E-state index >= 15 is 0 Å². The number of nitrogens with one attached hydrogen (secondary N) is 2. The van der Waals surface area contributed by atoms with Crippen molar-refractivity contribution < 1.29 is 19.2 Å². The molecule has 0 aliphatic heterocycles. The molecule has 1 saturated carbocycles. The van der Waals surface area contributed by atoms with E-state index in [4.69, 9.17) is 9.47 Å². The predicted molar refractivity (Wildman–Crippen MR) is 105 cm³/mol. The van der Waals surface area contributed by atoms with Crippen molar-refractivity contribution in [2.75, 3.05) is 19.5 Å². The first kappa shape index (κ1) is 19.5. The number of carbonyl (C=O) groups excluding carboxylic acids is 1. The standard InChI is InChI=1S/C20H23N3O5/c1-12(16-11-15(27-2)7-9-19(16)28-3)21-20(24)13-4-8-17(22-14-5-6-14)18(10-13)23(25)26/h4,7-12,14,22H,5-6H2,1-3H3,(H,21,24)/t12-/m1/s1. The van der Waals surface area contributed by atoms with E-state index in [1.807, 2.05) is 6.92 Å². The van der Waals surface area contributed by atoms with Crippen molar-refractivity contribution in [2.45, 2.75) is 31.8 Å². The Hall–Kier alpha value is -3.29. The van der Waals surface area contributed by atoms with Gasteiger partial charge in [-0.15, -0.1) is 0 Å². The number of hydrogen-bond donors (Lipinski definition) is 2. The Morgan fingerprint density at radius 3 is 2.54 bits per heavy atom. The quantitative estimate of drug-likeness (QED) is 0.531. The van der Waals surface area contributed by atoms with Crippen LogP contribution in [0.5, 0.6) is 11.5 Å². The lowest BCUT2D eigenvalue weighted by Crippen LogP contribution is -2.27. The normalized spacial score (nSPS) is 14.1. The minimum atomic E-state index is -0.476. The Balaban J connectivity index is 1.80. The number of nitrogens with zero attached hydrogens (tertiary/aromatic N) is 1. The summed E-state index contributed by atoms with van der Waals surface area (Å²) in [7, 11) is 3.11. The van der Waals surface area contributed by atoms with E-state index in [0.29, 0.717) is 17.2 Å². The smallest absolute Gasteiger partial charge is 0.293 e. The number of ether oxygens (including phenoxy) is 2. The van der Waals surface area contributed by atoms with Crippen LogP contribution in [0.15, 0.2) is 36.4 Å². The third-order valence-corrected chi connectivity index (χ3v) is 4.64. The minimum Gasteiger partial charge on any atom is -0.497 e. The van der Waals surface area contributed by atoms with Crippen molar-refractivity contribution in [3.05, 3.63) is 57.6 Å². The average molecular weight is 385 g/mol. The SMILES string of the molecule is COc1ccc(OC)c([C@@H](C)NC(=O)c2ccc(NC3CC3)c([N+](=O)[O-])c2)c1. The van der Waals surface area contributed by atoms with Crippen molar-refractivity contribution in [3.63, 3.8) is 0 Å². The van der Waals surface area contributed by atoms with Gasteiger partial charge in [-0.05, 0) is 50.1 Å². The molecule has 1 fully saturated rings. The van der Waals surface area contributed by atoms with Crippen LogP contribution in [0.2, 0.25) is 0 Å². The lowest BCUT2D eigenvalue weighted by atomic mass is 10.1. The predicted octanol–water partition coefficient (Wildman–Crippen LogP) is 3.68. The zero-order valence-electron chi connectivity index (χ0n) is 16.0. The fourth-order valence-electron chi connectivity index (χ4n) is 2.93. The highest BCUT2D eigenvalue weighted by molar-refractivity contribution is 5.96. The van der Waals surface area contributed by atoms with Crippen LogP contribution < -0.4 is 20.1 Å². The lowest BCUT2D eigenvalue weighted by Gasteiger charge is -2.18. The first-order valence-corrected chi connectivity index (χ1v) is 9.00. The van der Waals surface area contributed by atoms with Gasteiger partial charge in [0.05, 0.1) is 25.2 Å². The van der Waals surface area contributed by atoms with E-state index in [1.165, 1.54) is 6.07 Å². The van der Waals surface area contributed by atoms with Gasteiger partial charge in [0.15, 0.2) is 0 Å². The van der Waals surface area contributed by atoms with Crippen LogP contribution in [0.25, 0.3) is 0 Å². The van der Waals surface area contributed by atoms with Crippen LogP contribution in [0, 0.1) is 10.1 Å². The summed E-state index contributed by atoms with van der Waals surface area (Å²) in [4.78, 5) is 23.6. The van der Waals surface area contributed by atoms with E-state index in [0.717, 1.165) is 18.4 Å². The second-order valence-corrected chi connectivity index (χ2v) is 6.71. The molecular weight excluding hydrogens is 362 g/mol. The van der Waals surface area contributed by atoms with Gasteiger partial charge < -0.3 is 20.1 Å². The second-order valence-electron chi connectivity index (χ2n) is 6.71. The summed E-state index contributed by atoms with van der Waals surface area (Å²) in [5, 5.41) is 17.4. The Labute approximate surface area is 163 Å². The molecule has 0 radical (unpaired) electrons. The molecule has 1 atom stereocenters. The number of rotatable bonds is 8. The second kappa shape index (κ2) is 8.16. The third-order valence-electron chi connectivity index (χ3n) is 4.64. The first-order chi connectivity index (χ1) is 13.4. The first-order valence-electron chi connectivity index (χ1n) is 9.00. The number of anilines is 1. The van der Waals surface area contributed by atoms with Crippen LogP contribution in [-0.4, -0.2) is 31.1 Å². The van der Waals surface area contributed by atoms with Crippen molar-refractivity contribution in [1.29, 1.82) is 0 Å². The molecule has 2 N–H and O–H groups in total. The highest BCUT2D eigenvalue weighted by atomic mass is 16.6. The van der Waals surface area contributed by atoms with Gasteiger partial charge in [-0.25, -0.2) is 0 Å². The van der Waals surface area contributed by atoms with Crippen LogP contribution >= 0.6 is 0 Å². The number of amides is 1. The van der Waals surface area contributed by atoms with Gasteiger partial charge in [-0.3, -0.25) is 14.9 Å². The topological polar surface area (TPSA) is 103 Å². The molecule has 148 valence electrons. The number of methoxy groups -OCH3 is 2. The highest BCUT2D eigenvalue weighted by Crippen LogP contribution is 2.32. The summed E-state index contributed by atoms with van der Waals surface area (Å²) >= 11 is 0. The van der Waals surface area contributed by atoms with E-state index in [1.54, 1.807) is 44.6 Å². The lowest BCUT2D eigenvalue weighted by molar-refractivity contribution is -0.384. The van der Waals surface area contributed by atoms with Crippen molar-refractivity contribution in [1.82, 2.24) is 5.32 Å². The molecule has 0 aromatic heterocycles. The van der Waals surface area contributed by atoms with E-state index in [-0.39, 0.29) is 23.3 Å². The van der Waals surface area contributed by atoms with Crippen molar-refractivity contribution in [2.24, 2.45) is 0 Å². The van der Waals surface area contributed by atoms with E-state index < -0.39 is 10.8 Å². The molecule has 8 nitrogen and oxygen atoms in total. The van der Waals surface area contributed by atoms with Gasteiger partial charge in [-0.2, -0.15) is 0 Å². The van der Waals surface area contributed by atoms with Crippen molar-refractivity contribution >= 4 is 17.3 Å². The molecule has 1 aliphatic rings. The average Bonchev–Trinajstić information content (AvgIpc) is 3.51. The molecular formula is C20H23N3O5. The Morgan fingerprint density at radius 1 is 1.18 bits per heavy atom. The van der Waals surface area contributed by atoms with Gasteiger partial charge >= 0.3 is 0 Å². The van der Waals surface area contributed by atoms with Gasteiger partial charge in [-0.1, -0.05) is 0 Å². The molecule has 1 amide bonds. The number of nitro groups is 1. The Kier molecular flexibility index (Phi) is 5.67. The summed E-state index contributed by atoms with van der Waals surface area (Å²) < 4.78 is 10.6. The molecule has 0 heterocycles. The van der Waals surface area contributed by atoms with Crippen LogP contribution in [-0.2, 0) is 0 Å².